The van der Waals surface area contributed by atoms with Crippen LogP contribution in [-0.4, -0.2) is 18.7 Å². The molecule has 3 heteroatoms. The van der Waals surface area contributed by atoms with Gasteiger partial charge in [-0.3, -0.25) is 0 Å². The smallest absolute Gasteiger partial charge is 0.119 e. The molecule has 0 aliphatic carbocycles. The molecule has 0 saturated carbocycles. The Bertz CT molecular complexity index is 1070. The Morgan fingerprint density at radius 3 is 2.35 bits per heavy atom. The van der Waals surface area contributed by atoms with Crippen molar-refractivity contribution in [3.63, 3.8) is 0 Å². The SMILES string of the molecule is CCCOc1ccc2cc(-c3ccc4cc(OC)ccc4n3)ccc2c1. The first-order valence-electron chi connectivity index (χ1n) is 8.88. The highest BCUT2D eigenvalue weighted by Gasteiger charge is 2.05. The van der Waals surface area contributed by atoms with E-state index in [1.807, 2.05) is 24.3 Å². The molecule has 0 saturated heterocycles. The summed E-state index contributed by atoms with van der Waals surface area (Å²) in [5, 5.41) is 3.43. The number of rotatable bonds is 5. The molecule has 0 fully saturated rings. The summed E-state index contributed by atoms with van der Waals surface area (Å²) in [6, 6.07) is 22.7. The molecule has 0 unspecified atom stereocenters. The Morgan fingerprint density at radius 1 is 0.769 bits per heavy atom. The van der Waals surface area contributed by atoms with E-state index in [0.29, 0.717) is 0 Å². The highest BCUT2D eigenvalue weighted by Crippen LogP contribution is 2.28. The summed E-state index contributed by atoms with van der Waals surface area (Å²) in [5.41, 5.74) is 3.04. The van der Waals surface area contributed by atoms with E-state index in [2.05, 4.69) is 49.4 Å². The van der Waals surface area contributed by atoms with Gasteiger partial charge in [0, 0.05) is 10.9 Å². The van der Waals surface area contributed by atoms with Gasteiger partial charge in [-0.1, -0.05) is 31.2 Å². The van der Waals surface area contributed by atoms with Crippen molar-refractivity contribution < 1.29 is 9.47 Å². The lowest BCUT2D eigenvalue weighted by atomic mass is 10.0. The Labute approximate surface area is 153 Å². The zero-order valence-corrected chi connectivity index (χ0v) is 15.0. The monoisotopic (exact) mass is 343 g/mol. The van der Waals surface area contributed by atoms with Crippen molar-refractivity contribution in [1.29, 1.82) is 0 Å². The number of benzene rings is 3. The number of pyridine rings is 1. The molecular weight excluding hydrogens is 322 g/mol. The predicted molar refractivity (Wildman–Crippen MR) is 107 cm³/mol. The molecular formula is C23H21NO2. The van der Waals surface area contributed by atoms with Crippen LogP contribution >= 0.6 is 0 Å². The molecule has 0 amide bonds. The lowest BCUT2D eigenvalue weighted by molar-refractivity contribution is 0.318. The third-order valence-electron chi connectivity index (χ3n) is 4.48. The van der Waals surface area contributed by atoms with Crippen molar-refractivity contribution in [2.45, 2.75) is 13.3 Å². The summed E-state index contributed by atoms with van der Waals surface area (Å²) >= 11 is 0. The first-order chi connectivity index (χ1) is 12.8. The van der Waals surface area contributed by atoms with Crippen LogP contribution in [0.2, 0.25) is 0 Å². The van der Waals surface area contributed by atoms with Crippen molar-refractivity contribution in [3.8, 4) is 22.8 Å². The highest BCUT2D eigenvalue weighted by molar-refractivity contribution is 5.89. The van der Waals surface area contributed by atoms with Crippen LogP contribution in [0.3, 0.4) is 0 Å². The van der Waals surface area contributed by atoms with Crippen LogP contribution < -0.4 is 9.47 Å². The van der Waals surface area contributed by atoms with Gasteiger partial charge >= 0.3 is 0 Å². The van der Waals surface area contributed by atoms with Gasteiger partial charge in [0.1, 0.15) is 11.5 Å². The number of nitrogens with zero attached hydrogens (tertiary/aromatic N) is 1. The van der Waals surface area contributed by atoms with Crippen molar-refractivity contribution >= 4 is 21.7 Å². The third-order valence-corrected chi connectivity index (χ3v) is 4.48. The molecule has 0 spiro atoms. The molecule has 1 heterocycles. The van der Waals surface area contributed by atoms with Crippen LogP contribution in [0.1, 0.15) is 13.3 Å². The molecule has 0 aliphatic rings. The van der Waals surface area contributed by atoms with Crippen LogP contribution in [0.5, 0.6) is 11.5 Å². The Hall–Kier alpha value is -3.07. The summed E-state index contributed by atoms with van der Waals surface area (Å²) in [6.07, 6.45) is 1.01. The minimum atomic E-state index is 0.745. The van der Waals surface area contributed by atoms with Gasteiger partial charge in [-0.2, -0.15) is 0 Å². The zero-order valence-electron chi connectivity index (χ0n) is 15.0. The standard InChI is InChI=1S/C23H21NO2/c1-3-12-26-21-8-6-16-13-18(5-4-17(16)14-21)22-10-7-19-15-20(25-2)9-11-23(19)24-22/h4-11,13-15H,3,12H2,1-2H3. The highest BCUT2D eigenvalue weighted by atomic mass is 16.5. The van der Waals surface area contributed by atoms with Crippen LogP contribution in [0.4, 0.5) is 0 Å². The molecule has 0 N–H and O–H groups in total. The molecule has 0 atom stereocenters. The van der Waals surface area contributed by atoms with Crippen molar-refractivity contribution in [1.82, 2.24) is 4.98 Å². The second kappa shape index (κ2) is 7.04. The number of aromatic nitrogens is 1. The molecule has 0 aliphatic heterocycles. The van der Waals surface area contributed by atoms with Crippen molar-refractivity contribution in [2.75, 3.05) is 13.7 Å². The van der Waals surface area contributed by atoms with E-state index in [1.54, 1.807) is 7.11 Å². The zero-order chi connectivity index (χ0) is 17.9. The second-order valence-corrected chi connectivity index (χ2v) is 6.33. The van der Waals surface area contributed by atoms with Crippen LogP contribution in [0.25, 0.3) is 32.9 Å². The molecule has 0 radical (unpaired) electrons. The summed E-state index contributed by atoms with van der Waals surface area (Å²) in [4.78, 5) is 4.81. The molecule has 0 bridgehead atoms. The molecule has 3 nitrogen and oxygen atoms in total. The normalized spacial score (nSPS) is 11.0. The quantitative estimate of drug-likeness (QED) is 0.455. The average molecular weight is 343 g/mol. The number of hydrogen-bond acceptors (Lipinski definition) is 3. The summed E-state index contributed by atoms with van der Waals surface area (Å²) in [5.74, 6) is 1.77. The summed E-state index contributed by atoms with van der Waals surface area (Å²) in [7, 11) is 1.68. The lowest BCUT2D eigenvalue weighted by Gasteiger charge is -2.08. The second-order valence-electron chi connectivity index (χ2n) is 6.33. The Kier molecular flexibility index (Phi) is 4.44. The van der Waals surface area contributed by atoms with E-state index in [-0.39, 0.29) is 0 Å². The fourth-order valence-electron chi connectivity index (χ4n) is 3.08. The first-order valence-corrected chi connectivity index (χ1v) is 8.88. The largest absolute Gasteiger partial charge is 0.497 e. The van der Waals surface area contributed by atoms with E-state index in [0.717, 1.165) is 46.7 Å². The molecule has 130 valence electrons. The number of hydrogen-bond donors (Lipinski definition) is 0. The van der Waals surface area contributed by atoms with Crippen molar-refractivity contribution in [2.24, 2.45) is 0 Å². The summed E-state index contributed by atoms with van der Waals surface area (Å²) < 4.78 is 11.0. The summed E-state index contributed by atoms with van der Waals surface area (Å²) in [6.45, 7) is 2.86. The molecule has 1 aromatic heterocycles. The van der Waals surface area contributed by atoms with E-state index >= 15 is 0 Å². The maximum Gasteiger partial charge on any atom is 0.119 e. The van der Waals surface area contributed by atoms with E-state index in [4.69, 9.17) is 14.5 Å². The minimum absolute atomic E-state index is 0.745. The Balaban J connectivity index is 1.70. The molecule has 26 heavy (non-hydrogen) atoms. The molecule has 3 aromatic carbocycles. The van der Waals surface area contributed by atoms with Gasteiger partial charge in [-0.15, -0.1) is 0 Å². The van der Waals surface area contributed by atoms with E-state index in [1.165, 1.54) is 10.8 Å². The van der Waals surface area contributed by atoms with Crippen LogP contribution in [0.15, 0.2) is 66.7 Å². The lowest BCUT2D eigenvalue weighted by Crippen LogP contribution is -1.94. The fourth-order valence-corrected chi connectivity index (χ4v) is 3.08. The predicted octanol–water partition coefficient (Wildman–Crippen LogP) is 5.85. The van der Waals surface area contributed by atoms with Gasteiger partial charge < -0.3 is 9.47 Å². The molecule has 4 rings (SSSR count). The first kappa shape index (κ1) is 16.4. The Morgan fingerprint density at radius 2 is 1.50 bits per heavy atom. The van der Waals surface area contributed by atoms with Gasteiger partial charge in [-0.25, -0.2) is 4.98 Å². The third kappa shape index (κ3) is 3.21. The van der Waals surface area contributed by atoms with Gasteiger partial charge in [0.2, 0.25) is 0 Å². The van der Waals surface area contributed by atoms with Gasteiger partial charge in [0.05, 0.1) is 24.9 Å². The maximum absolute atomic E-state index is 5.72. The number of methoxy groups -OCH3 is 1. The number of ether oxygens (including phenoxy) is 2. The van der Waals surface area contributed by atoms with Crippen LogP contribution in [0, 0.1) is 0 Å². The van der Waals surface area contributed by atoms with E-state index < -0.39 is 0 Å². The fraction of sp³-hybridized carbons (Fsp3) is 0.174. The van der Waals surface area contributed by atoms with Crippen molar-refractivity contribution in [3.05, 3.63) is 66.7 Å². The average Bonchev–Trinajstić information content (AvgIpc) is 2.70. The number of fused-ring (bicyclic) bond motifs is 2. The van der Waals surface area contributed by atoms with Crippen LogP contribution in [-0.2, 0) is 0 Å². The van der Waals surface area contributed by atoms with E-state index in [9.17, 15) is 0 Å². The molecule has 4 aromatic rings. The minimum Gasteiger partial charge on any atom is -0.497 e. The maximum atomic E-state index is 5.72. The van der Waals surface area contributed by atoms with Gasteiger partial charge in [0.25, 0.3) is 0 Å². The topological polar surface area (TPSA) is 31.4 Å². The van der Waals surface area contributed by atoms with Gasteiger partial charge in [-0.05, 0) is 59.7 Å². The van der Waals surface area contributed by atoms with Gasteiger partial charge in [0.15, 0.2) is 0 Å².